The Bertz CT molecular complexity index is 2260. The number of carbonyl (C=O) groups excluding carboxylic acids is 4. The van der Waals surface area contributed by atoms with Crippen molar-refractivity contribution in [2.45, 2.75) is 30.3 Å². The number of H-pyrrole nitrogens is 2. The number of rotatable bonds is 12. The Morgan fingerprint density at radius 2 is 1.26 bits per heavy atom. The molecular weight excluding hydrogens is 760 g/mol. The average molecular weight is 809 g/mol. The number of piperazine rings is 2. The van der Waals surface area contributed by atoms with Gasteiger partial charge in [-0.25, -0.2) is 9.97 Å². The summed E-state index contributed by atoms with van der Waals surface area (Å²) in [6.07, 6.45) is 5.30. The molecule has 0 bridgehead atoms. The van der Waals surface area contributed by atoms with Crippen LogP contribution in [0.4, 0.5) is 11.4 Å². The van der Waals surface area contributed by atoms with Crippen LogP contribution in [0.5, 0.6) is 0 Å². The summed E-state index contributed by atoms with van der Waals surface area (Å²) in [6.45, 7) is 16.1. The second kappa shape index (κ2) is 15.7. The van der Waals surface area contributed by atoms with Gasteiger partial charge in [0.25, 0.3) is 0 Å². The van der Waals surface area contributed by atoms with Crippen molar-refractivity contribution < 1.29 is 19.2 Å². The maximum absolute atomic E-state index is 13.3. The largest absolute Gasteiger partial charge is 0.374 e. The van der Waals surface area contributed by atoms with Gasteiger partial charge in [0.05, 0.1) is 52.9 Å². The minimum absolute atomic E-state index is 0.0224. The van der Waals surface area contributed by atoms with Crippen molar-refractivity contribution >= 4 is 68.7 Å². The second-order valence-electron chi connectivity index (χ2n) is 16.0. The molecule has 2 aromatic heterocycles. The number of halogens is 1. The molecule has 4 aromatic rings. The topological polar surface area (TPSA) is 169 Å². The molecule has 4 N–H and O–H groups in total. The quantitative estimate of drug-likeness (QED) is 0.156. The molecule has 58 heavy (non-hydrogen) atoms. The number of benzene rings is 2. The van der Waals surface area contributed by atoms with E-state index < -0.39 is 0 Å². The van der Waals surface area contributed by atoms with Crippen LogP contribution in [-0.2, 0) is 19.2 Å². The predicted molar refractivity (Wildman–Crippen MR) is 222 cm³/mol. The van der Waals surface area contributed by atoms with Gasteiger partial charge in [-0.3, -0.25) is 29.0 Å². The molecule has 9 rings (SSSR count). The molecule has 0 radical (unpaired) electrons. The minimum atomic E-state index is -0.0305. The molecule has 5 aliphatic rings. The van der Waals surface area contributed by atoms with E-state index in [1.807, 2.05) is 21.9 Å². The van der Waals surface area contributed by atoms with Gasteiger partial charge in [-0.1, -0.05) is 24.8 Å². The van der Waals surface area contributed by atoms with E-state index in [4.69, 9.17) is 16.6 Å². The molecular formula is C41H49ClN12O4. The lowest BCUT2D eigenvalue weighted by Crippen LogP contribution is -2.64. The summed E-state index contributed by atoms with van der Waals surface area (Å²) in [5.74, 6) is 1.26. The number of likely N-dealkylation sites (tertiary alicyclic amines) is 2. The van der Waals surface area contributed by atoms with E-state index in [1.165, 1.54) is 12.2 Å². The van der Waals surface area contributed by atoms with Crippen LogP contribution in [0.1, 0.15) is 29.6 Å². The highest BCUT2D eigenvalue weighted by Crippen LogP contribution is 2.55. The normalized spacial score (nSPS) is 21.8. The van der Waals surface area contributed by atoms with Crippen molar-refractivity contribution in [2.24, 2.45) is 0 Å². The van der Waals surface area contributed by atoms with Crippen molar-refractivity contribution in [2.75, 3.05) is 102 Å². The third-order valence-electron chi connectivity index (χ3n) is 12.6. The summed E-state index contributed by atoms with van der Waals surface area (Å²) >= 11 is 6.55. The third kappa shape index (κ3) is 7.51. The molecule has 4 aliphatic heterocycles. The fraction of sp³-hybridized carbons (Fsp3) is 0.463. The van der Waals surface area contributed by atoms with E-state index >= 15 is 0 Å². The van der Waals surface area contributed by atoms with Crippen molar-refractivity contribution in [1.29, 1.82) is 0 Å². The first-order valence-corrected chi connectivity index (χ1v) is 20.5. The zero-order chi connectivity index (χ0) is 40.1. The number of amides is 4. The molecule has 2 atom stereocenters. The summed E-state index contributed by atoms with van der Waals surface area (Å²) in [5.41, 5.74) is 5.94. The van der Waals surface area contributed by atoms with Crippen LogP contribution in [0.2, 0.25) is 5.02 Å². The Balaban J connectivity index is 0.790. The van der Waals surface area contributed by atoms with E-state index in [-0.39, 0.29) is 48.6 Å². The number of nitrogens with one attached hydrogen (secondary N) is 4. The third-order valence-corrected chi connectivity index (χ3v) is 12.8. The maximum atomic E-state index is 13.3. The molecule has 304 valence electrons. The SMILES string of the molecule is C=CC(=O)N1CC(N2CCN(C(=O)CNc3cc(C4CC4c4nc5cc(Cl)cc(NCC(=O)N6CCN(C7CN(C(=O)C=C)C7)CC6)c5[nH]4)cc4nc[nH]c34)CC2)C1. The summed E-state index contributed by atoms with van der Waals surface area (Å²) in [6, 6.07) is 8.57. The van der Waals surface area contributed by atoms with Crippen molar-refractivity contribution in [3.63, 3.8) is 0 Å². The molecule has 0 spiro atoms. The number of hydrogen-bond donors (Lipinski definition) is 4. The number of nitrogens with zero attached hydrogens (tertiary/aromatic N) is 8. The van der Waals surface area contributed by atoms with Gasteiger partial charge in [-0.2, -0.15) is 0 Å². The highest BCUT2D eigenvalue weighted by molar-refractivity contribution is 6.31. The van der Waals surface area contributed by atoms with E-state index in [2.05, 4.69) is 60.7 Å². The van der Waals surface area contributed by atoms with Gasteiger partial charge in [0.15, 0.2) is 0 Å². The Morgan fingerprint density at radius 1 is 0.707 bits per heavy atom. The Labute approximate surface area is 341 Å². The minimum Gasteiger partial charge on any atom is -0.374 e. The van der Waals surface area contributed by atoms with Crippen LogP contribution in [-0.4, -0.2) is 177 Å². The van der Waals surface area contributed by atoms with E-state index in [0.717, 1.165) is 77.4 Å². The summed E-state index contributed by atoms with van der Waals surface area (Å²) in [4.78, 5) is 78.7. The number of anilines is 2. The smallest absolute Gasteiger partial charge is 0.246 e. The molecule has 6 heterocycles. The molecule has 4 amide bonds. The first-order chi connectivity index (χ1) is 28.1. The fourth-order valence-electron chi connectivity index (χ4n) is 8.93. The Kier molecular flexibility index (Phi) is 10.3. The van der Waals surface area contributed by atoms with Crippen molar-refractivity contribution in [1.82, 2.24) is 49.3 Å². The van der Waals surface area contributed by atoms with Gasteiger partial charge in [0, 0.05) is 102 Å². The highest BCUT2D eigenvalue weighted by Gasteiger charge is 2.43. The van der Waals surface area contributed by atoms with Gasteiger partial charge in [-0.05, 0) is 54.3 Å². The predicted octanol–water partition coefficient (Wildman–Crippen LogP) is 2.27. The second-order valence-corrected chi connectivity index (χ2v) is 16.5. The molecule has 2 unspecified atom stereocenters. The summed E-state index contributed by atoms with van der Waals surface area (Å²) in [7, 11) is 0. The number of hydrogen-bond acceptors (Lipinski definition) is 10. The lowest BCUT2D eigenvalue weighted by atomic mass is 10.1. The van der Waals surface area contributed by atoms with Crippen LogP contribution in [0.3, 0.4) is 0 Å². The van der Waals surface area contributed by atoms with Crippen LogP contribution >= 0.6 is 11.6 Å². The molecule has 5 fully saturated rings. The maximum Gasteiger partial charge on any atom is 0.246 e. The highest BCUT2D eigenvalue weighted by atomic mass is 35.5. The van der Waals surface area contributed by atoms with Crippen molar-refractivity contribution in [3.05, 3.63) is 72.3 Å². The van der Waals surface area contributed by atoms with Gasteiger partial charge < -0.3 is 40.2 Å². The van der Waals surface area contributed by atoms with Crippen LogP contribution < -0.4 is 10.6 Å². The monoisotopic (exact) mass is 808 g/mol. The Hall–Kier alpha value is -5.45. The average Bonchev–Trinajstić information content (AvgIpc) is 3.65. The summed E-state index contributed by atoms with van der Waals surface area (Å²) < 4.78 is 0. The van der Waals surface area contributed by atoms with Gasteiger partial charge in [-0.15, -0.1) is 0 Å². The van der Waals surface area contributed by atoms with Gasteiger partial charge >= 0.3 is 0 Å². The lowest BCUT2D eigenvalue weighted by Gasteiger charge is -2.47. The standard InChI is InChI=1S/C41H49ClN12O4/c1-3-35(55)53-20-27(21-53)49-5-9-51(10-6-49)37(57)18-43-31-13-25(14-32-39(31)46-24-45-32)29-17-30(29)41-47-34-16-26(42)15-33(40(34)48-41)44-19-38(58)52-11-7-50(8-12-52)28-22-54(23-28)36(56)4-2/h3-4,13-16,24,27-30,43-44H,1-2,5-12,17-23H2,(H,45,46)(H,47,48). The zero-order valence-corrected chi connectivity index (χ0v) is 33.2. The van der Waals surface area contributed by atoms with Crippen LogP contribution in [0.15, 0.2) is 55.9 Å². The lowest BCUT2D eigenvalue weighted by molar-refractivity contribution is -0.137. The molecule has 1 saturated carbocycles. The van der Waals surface area contributed by atoms with E-state index in [1.54, 1.807) is 16.1 Å². The zero-order valence-electron chi connectivity index (χ0n) is 32.5. The first-order valence-electron chi connectivity index (χ1n) is 20.2. The van der Waals surface area contributed by atoms with Crippen LogP contribution in [0.25, 0.3) is 22.1 Å². The number of carbonyl (C=O) groups is 4. The van der Waals surface area contributed by atoms with Gasteiger partial charge in [0.1, 0.15) is 5.82 Å². The fourth-order valence-corrected chi connectivity index (χ4v) is 9.14. The molecule has 17 heteroatoms. The molecule has 16 nitrogen and oxygen atoms in total. The van der Waals surface area contributed by atoms with E-state index in [9.17, 15) is 19.2 Å². The number of fused-ring (bicyclic) bond motifs is 2. The molecule has 4 saturated heterocycles. The van der Waals surface area contributed by atoms with Crippen LogP contribution in [0, 0.1) is 0 Å². The molecule has 2 aromatic carbocycles. The number of aromatic nitrogens is 4. The number of imidazole rings is 2. The van der Waals surface area contributed by atoms with E-state index in [0.29, 0.717) is 69.5 Å². The Morgan fingerprint density at radius 3 is 1.81 bits per heavy atom. The van der Waals surface area contributed by atoms with Gasteiger partial charge in [0.2, 0.25) is 23.6 Å². The first kappa shape index (κ1) is 38.1. The summed E-state index contributed by atoms with van der Waals surface area (Å²) in [5, 5.41) is 7.27. The molecule has 1 aliphatic carbocycles. The van der Waals surface area contributed by atoms with Crippen molar-refractivity contribution in [3.8, 4) is 0 Å². The number of aromatic amines is 2.